The number of benzene rings is 1. The summed E-state index contributed by atoms with van der Waals surface area (Å²) in [6.45, 7) is 3.68. The Morgan fingerprint density at radius 1 is 1.19 bits per heavy atom. The lowest BCUT2D eigenvalue weighted by atomic mass is 9.84. The largest absolute Gasteiger partial charge is 0.486 e. The van der Waals surface area contributed by atoms with Crippen LogP contribution in [0.25, 0.3) is 0 Å². The van der Waals surface area contributed by atoms with Gasteiger partial charge in [0.15, 0.2) is 5.78 Å². The molecule has 0 unspecified atom stereocenters. The number of carbonyl (C=O) groups excluding carboxylic acids is 2. The monoisotopic (exact) mass is 354 g/mol. The summed E-state index contributed by atoms with van der Waals surface area (Å²) in [5.74, 6) is 1.85. The summed E-state index contributed by atoms with van der Waals surface area (Å²) in [5, 5.41) is 0. The molecule has 2 heterocycles. The molecule has 0 radical (unpaired) electrons. The van der Waals surface area contributed by atoms with Crippen LogP contribution in [-0.2, 0) is 4.79 Å². The number of ether oxygens (including phenoxy) is 1. The Morgan fingerprint density at radius 3 is 2.92 bits per heavy atom. The maximum Gasteiger partial charge on any atom is 0.226 e. The van der Waals surface area contributed by atoms with E-state index in [4.69, 9.17) is 4.74 Å². The molecular formula is C21H26N2O3. The van der Waals surface area contributed by atoms with Gasteiger partial charge in [0.05, 0.1) is 12.0 Å². The van der Waals surface area contributed by atoms with Crippen LogP contribution in [0.15, 0.2) is 24.3 Å². The van der Waals surface area contributed by atoms with E-state index in [-0.39, 0.29) is 17.6 Å². The Hall–Kier alpha value is -1.88. The van der Waals surface area contributed by atoms with E-state index in [0.29, 0.717) is 29.6 Å². The third-order valence-corrected chi connectivity index (χ3v) is 6.95. The number of fused-ring (bicyclic) bond motifs is 3. The Kier molecular flexibility index (Phi) is 3.64. The number of hydrogen-bond donors (Lipinski definition) is 0. The molecule has 2 saturated carbocycles. The first kappa shape index (κ1) is 16.3. The first-order chi connectivity index (χ1) is 12.6. The van der Waals surface area contributed by atoms with E-state index >= 15 is 0 Å². The predicted octanol–water partition coefficient (Wildman–Crippen LogP) is 2.21. The van der Waals surface area contributed by atoms with Crippen molar-refractivity contribution in [1.29, 1.82) is 0 Å². The van der Waals surface area contributed by atoms with Crippen molar-refractivity contribution in [2.45, 2.75) is 31.3 Å². The first-order valence-corrected chi connectivity index (χ1v) is 9.88. The highest BCUT2D eigenvalue weighted by Gasteiger charge is 2.71. The van der Waals surface area contributed by atoms with Crippen molar-refractivity contribution in [1.82, 2.24) is 9.80 Å². The number of likely N-dealkylation sites (N-methyl/N-ethyl adjacent to an activating group) is 1. The van der Waals surface area contributed by atoms with Gasteiger partial charge in [-0.2, -0.15) is 0 Å². The van der Waals surface area contributed by atoms with E-state index in [0.717, 1.165) is 45.4 Å². The maximum absolute atomic E-state index is 13.2. The average Bonchev–Trinajstić information content (AvgIpc) is 3.33. The SMILES string of the molecule is CN1CCCN(C(=O)[C@@H]2[C@@H]3CC[C@]4(CC(=O)c5ccccc5O4)[C@H]32)CC1. The van der Waals surface area contributed by atoms with Gasteiger partial charge in [-0.15, -0.1) is 0 Å². The van der Waals surface area contributed by atoms with Crippen molar-refractivity contribution in [2.24, 2.45) is 17.8 Å². The lowest BCUT2D eigenvalue weighted by molar-refractivity contribution is -0.134. The number of hydrogen-bond acceptors (Lipinski definition) is 4. The van der Waals surface area contributed by atoms with Crippen molar-refractivity contribution in [2.75, 3.05) is 33.2 Å². The number of rotatable bonds is 1. The molecule has 26 heavy (non-hydrogen) atoms. The second kappa shape index (κ2) is 5.81. The Bertz CT molecular complexity index is 763. The molecule has 0 N–H and O–H groups in total. The van der Waals surface area contributed by atoms with Crippen LogP contribution in [-0.4, -0.2) is 60.3 Å². The molecule has 1 saturated heterocycles. The molecule has 0 bridgehead atoms. The fourth-order valence-corrected chi connectivity index (χ4v) is 5.58. The van der Waals surface area contributed by atoms with Gasteiger partial charge in [0, 0.05) is 31.5 Å². The summed E-state index contributed by atoms with van der Waals surface area (Å²) >= 11 is 0. The standard InChI is InChI=1S/C21H26N2O3/c1-22-9-4-10-23(12-11-22)20(25)18-15-7-8-21(19(15)18)13-16(24)14-5-2-3-6-17(14)26-21/h2-3,5-6,15,18-19H,4,7-13H2,1H3/t15-,18+,19+,21-/m0/s1. The molecule has 3 fully saturated rings. The summed E-state index contributed by atoms with van der Waals surface area (Å²) in [4.78, 5) is 30.2. The van der Waals surface area contributed by atoms with Crippen LogP contribution in [0.4, 0.5) is 0 Å². The number of Topliss-reactive ketones (excluding diaryl/α,β-unsaturated/α-hetero) is 1. The normalized spacial score (nSPS) is 36.3. The lowest BCUT2D eigenvalue weighted by Gasteiger charge is -2.37. The molecule has 4 aliphatic rings. The quantitative estimate of drug-likeness (QED) is 0.776. The van der Waals surface area contributed by atoms with Gasteiger partial charge in [-0.05, 0) is 50.9 Å². The van der Waals surface area contributed by atoms with Crippen LogP contribution in [0.3, 0.4) is 0 Å². The van der Waals surface area contributed by atoms with E-state index in [1.807, 2.05) is 24.3 Å². The van der Waals surface area contributed by atoms with Crippen LogP contribution in [0, 0.1) is 17.8 Å². The number of nitrogens with zero attached hydrogens (tertiary/aromatic N) is 2. The Morgan fingerprint density at radius 2 is 2.04 bits per heavy atom. The van der Waals surface area contributed by atoms with Crippen molar-refractivity contribution in [3.05, 3.63) is 29.8 Å². The van der Waals surface area contributed by atoms with Crippen LogP contribution in [0.1, 0.15) is 36.0 Å². The molecule has 5 rings (SSSR count). The smallest absolute Gasteiger partial charge is 0.226 e. The fraction of sp³-hybridized carbons (Fsp3) is 0.619. The molecule has 138 valence electrons. The van der Waals surface area contributed by atoms with Crippen LogP contribution in [0.2, 0.25) is 0 Å². The van der Waals surface area contributed by atoms with Gasteiger partial charge in [0.25, 0.3) is 0 Å². The van der Waals surface area contributed by atoms with Crippen molar-refractivity contribution >= 4 is 11.7 Å². The predicted molar refractivity (Wildman–Crippen MR) is 97.1 cm³/mol. The van der Waals surface area contributed by atoms with Crippen LogP contribution >= 0.6 is 0 Å². The van der Waals surface area contributed by atoms with Gasteiger partial charge in [-0.1, -0.05) is 12.1 Å². The minimum Gasteiger partial charge on any atom is -0.486 e. The zero-order valence-corrected chi connectivity index (χ0v) is 15.3. The van der Waals surface area contributed by atoms with Crippen molar-refractivity contribution in [3.63, 3.8) is 0 Å². The second-order valence-corrected chi connectivity index (χ2v) is 8.50. The highest BCUT2D eigenvalue weighted by molar-refractivity contribution is 6.00. The van der Waals surface area contributed by atoms with Gasteiger partial charge in [-0.3, -0.25) is 9.59 Å². The molecule has 5 heteroatoms. The van der Waals surface area contributed by atoms with E-state index < -0.39 is 5.60 Å². The molecule has 1 aromatic rings. The summed E-state index contributed by atoms with van der Waals surface area (Å²) in [6, 6.07) is 7.54. The summed E-state index contributed by atoms with van der Waals surface area (Å²) in [6.07, 6.45) is 3.37. The van der Waals surface area contributed by atoms with Crippen molar-refractivity contribution < 1.29 is 14.3 Å². The van der Waals surface area contributed by atoms with E-state index in [1.54, 1.807) is 0 Å². The molecular weight excluding hydrogens is 328 g/mol. The number of para-hydroxylation sites is 1. The highest BCUT2D eigenvalue weighted by atomic mass is 16.5. The van der Waals surface area contributed by atoms with Crippen molar-refractivity contribution in [3.8, 4) is 5.75 Å². The molecule has 1 aromatic carbocycles. The minimum absolute atomic E-state index is 0.0604. The number of amides is 1. The topological polar surface area (TPSA) is 49.9 Å². The third kappa shape index (κ3) is 2.40. The van der Waals surface area contributed by atoms with Gasteiger partial charge in [0.1, 0.15) is 11.4 Å². The summed E-state index contributed by atoms with van der Waals surface area (Å²) < 4.78 is 6.41. The van der Waals surface area contributed by atoms with E-state index in [9.17, 15) is 9.59 Å². The zero-order chi connectivity index (χ0) is 17.9. The zero-order valence-electron chi connectivity index (χ0n) is 15.3. The molecule has 0 aromatic heterocycles. The Balaban J connectivity index is 1.35. The van der Waals surface area contributed by atoms with Crippen LogP contribution < -0.4 is 4.74 Å². The average molecular weight is 354 g/mol. The van der Waals surface area contributed by atoms with E-state index in [1.165, 1.54) is 0 Å². The molecule has 2 aliphatic heterocycles. The van der Waals surface area contributed by atoms with E-state index in [2.05, 4.69) is 16.8 Å². The second-order valence-electron chi connectivity index (χ2n) is 8.50. The first-order valence-electron chi connectivity index (χ1n) is 9.88. The lowest BCUT2D eigenvalue weighted by Crippen LogP contribution is -2.45. The summed E-state index contributed by atoms with van der Waals surface area (Å²) in [5.41, 5.74) is 0.250. The molecule has 2 aliphatic carbocycles. The summed E-state index contributed by atoms with van der Waals surface area (Å²) in [7, 11) is 2.12. The Labute approximate surface area is 154 Å². The molecule has 1 spiro atoms. The highest BCUT2D eigenvalue weighted by Crippen LogP contribution is 2.66. The van der Waals surface area contributed by atoms with Gasteiger partial charge >= 0.3 is 0 Å². The van der Waals surface area contributed by atoms with Gasteiger partial charge in [0.2, 0.25) is 5.91 Å². The third-order valence-electron chi connectivity index (χ3n) is 6.95. The minimum atomic E-state index is -0.445. The maximum atomic E-state index is 13.2. The van der Waals surface area contributed by atoms with Gasteiger partial charge in [-0.25, -0.2) is 0 Å². The molecule has 4 atom stereocenters. The number of ketones is 1. The number of carbonyl (C=O) groups is 2. The molecule has 5 nitrogen and oxygen atoms in total. The molecule has 1 amide bonds. The van der Waals surface area contributed by atoms with Gasteiger partial charge < -0.3 is 14.5 Å². The fourth-order valence-electron chi connectivity index (χ4n) is 5.58. The van der Waals surface area contributed by atoms with Crippen LogP contribution in [0.5, 0.6) is 5.75 Å².